The zero-order chi connectivity index (χ0) is 18.9. The van der Waals surface area contributed by atoms with Crippen LogP contribution in [0.5, 0.6) is 0 Å². The third-order valence-electron chi connectivity index (χ3n) is 5.53. The molecule has 0 bridgehead atoms. The first-order chi connectivity index (χ1) is 13.1. The summed E-state index contributed by atoms with van der Waals surface area (Å²) >= 11 is 0. The zero-order valence-electron chi connectivity index (χ0n) is 15.0. The number of piperidine rings is 1. The van der Waals surface area contributed by atoms with Crippen LogP contribution in [0.15, 0.2) is 54.7 Å². The standard InChI is InChI=1S/C22H22F2N2O/c23-18-7-6-17(20(24)12-18)13-22(15-27)9-3-11-26(14-22)21-19-5-2-1-4-16(19)8-10-25-21/h1-2,4-8,10,12,27H,3,9,11,13-15H2. The highest BCUT2D eigenvalue weighted by molar-refractivity contribution is 5.92. The van der Waals surface area contributed by atoms with Crippen molar-refractivity contribution in [2.24, 2.45) is 5.41 Å². The van der Waals surface area contributed by atoms with Gasteiger partial charge in [-0.2, -0.15) is 0 Å². The van der Waals surface area contributed by atoms with Crippen molar-refractivity contribution in [3.05, 3.63) is 71.9 Å². The number of nitrogens with zero attached hydrogens (tertiary/aromatic N) is 2. The first kappa shape index (κ1) is 17.9. The lowest BCUT2D eigenvalue weighted by Crippen LogP contribution is -2.47. The van der Waals surface area contributed by atoms with Crippen molar-refractivity contribution in [3.8, 4) is 0 Å². The molecule has 140 valence electrons. The SMILES string of the molecule is OCC1(Cc2ccc(F)cc2F)CCCN(c2nccc3ccccc23)C1. The molecule has 3 nitrogen and oxygen atoms in total. The average Bonchev–Trinajstić information content (AvgIpc) is 2.70. The van der Waals surface area contributed by atoms with Gasteiger partial charge in [0.25, 0.3) is 0 Å². The largest absolute Gasteiger partial charge is 0.396 e. The van der Waals surface area contributed by atoms with Crippen LogP contribution in [0, 0.1) is 17.0 Å². The number of fused-ring (bicyclic) bond motifs is 1. The molecule has 3 aromatic rings. The fourth-order valence-corrected chi connectivity index (χ4v) is 4.14. The van der Waals surface area contributed by atoms with Crippen LogP contribution in [-0.4, -0.2) is 29.8 Å². The highest BCUT2D eigenvalue weighted by Crippen LogP contribution is 2.37. The van der Waals surface area contributed by atoms with Gasteiger partial charge in [0.05, 0.1) is 6.61 Å². The predicted octanol–water partition coefficient (Wildman–Crippen LogP) is 4.33. The van der Waals surface area contributed by atoms with Crippen LogP contribution in [0.25, 0.3) is 10.8 Å². The summed E-state index contributed by atoms with van der Waals surface area (Å²) in [5.41, 5.74) is -0.0339. The molecule has 1 saturated heterocycles. The van der Waals surface area contributed by atoms with Gasteiger partial charge in [-0.25, -0.2) is 13.8 Å². The van der Waals surface area contributed by atoms with E-state index in [1.165, 1.54) is 12.1 Å². The van der Waals surface area contributed by atoms with E-state index in [2.05, 4.69) is 16.0 Å². The second-order valence-electron chi connectivity index (χ2n) is 7.45. The third-order valence-corrected chi connectivity index (χ3v) is 5.53. The van der Waals surface area contributed by atoms with Gasteiger partial charge in [-0.05, 0) is 42.3 Å². The molecule has 5 heteroatoms. The van der Waals surface area contributed by atoms with Crippen molar-refractivity contribution in [1.82, 2.24) is 4.98 Å². The molecule has 1 atom stereocenters. The molecule has 0 aliphatic carbocycles. The van der Waals surface area contributed by atoms with Gasteiger partial charge in [-0.1, -0.05) is 30.3 Å². The molecule has 1 aromatic heterocycles. The maximum Gasteiger partial charge on any atom is 0.136 e. The van der Waals surface area contributed by atoms with Crippen molar-refractivity contribution in [2.75, 3.05) is 24.6 Å². The van der Waals surface area contributed by atoms with Crippen molar-refractivity contribution in [2.45, 2.75) is 19.3 Å². The first-order valence-electron chi connectivity index (χ1n) is 9.24. The van der Waals surface area contributed by atoms with Gasteiger partial charge in [-0.15, -0.1) is 0 Å². The van der Waals surface area contributed by atoms with E-state index >= 15 is 0 Å². The van der Waals surface area contributed by atoms with Gasteiger partial charge in [0.15, 0.2) is 0 Å². The number of hydrogen-bond acceptors (Lipinski definition) is 3. The van der Waals surface area contributed by atoms with E-state index in [1.54, 1.807) is 6.20 Å². The van der Waals surface area contributed by atoms with Crippen LogP contribution >= 0.6 is 0 Å². The van der Waals surface area contributed by atoms with E-state index in [0.717, 1.165) is 42.0 Å². The summed E-state index contributed by atoms with van der Waals surface area (Å²) < 4.78 is 27.4. The summed E-state index contributed by atoms with van der Waals surface area (Å²) in [7, 11) is 0. The van der Waals surface area contributed by atoms with Crippen LogP contribution < -0.4 is 4.90 Å². The van der Waals surface area contributed by atoms with Crippen molar-refractivity contribution in [3.63, 3.8) is 0 Å². The molecule has 2 heterocycles. The van der Waals surface area contributed by atoms with E-state index < -0.39 is 17.0 Å². The molecular weight excluding hydrogens is 346 g/mol. The Morgan fingerprint density at radius 2 is 1.96 bits per heavy atom. The van der Waals surface area contributed by atoms with Crippen LogP contribution in [0.3, 0.4) is 0 Å². The van der Waals surface area contributed by atoms with Gasteiger partial charge in [0.2, 0.25) is 0 Å². The fraction of sp³-hybridized carbons (Fsp3) is 0.318. The summed E-state index contributed by atoms with van der Waals surface area (Å²) in [5, 5.41) is 12.4. The van der Waals surface area contributed by atoms with Crippen LogP contribution in [0.2, 0.25) is 0 Å². The minimum atomic E-state index is -0.584. The Morgan fingerprint density at radius 1 is 1.11 bits per heavy atom. The minimum absolute atomic E-state index is 0.0505. The molecule has 27 heavy (non-hydrogen) atoms. The molecule has 1 N–H and O–H groups in total. The molecule has 0 spiro atoms. The Labute approximate surface area is 157 Å². The average molecular weight is 368 g/mol. The number of rotatable bonds is 4. The number of anilines is 1. The smallest absolute Gasteiger partial charge is 0.136 e. The Morgan fingerprint density at radius 3 is 2.78 bits per heavy atom. The highest BCUT2D eigenvalue weighted by atomic mass is 19.1. The topological polar surface area (TPSA) is 36.4 Å². The number of aliphatic hydroxyl groups is 1. The van der Waals surface area contributed by atoms with Crippen molar-refractivity contribution < 1.29 is 13.9 Å². The van der Waals surface area contributed by atoms with Gasteiger partial charge < -0.3 is 10.0 Å². The number of aliphatic hydroxyl groups excluding tert-OH is 1. The Kier molecular flexibility index (Phi) is 4.79. The molecule has 1 unspecified atom stereocenters. The monoisotopic (exact) mass is 368 g/mol. The number of aromatic nitrogens is 1. The molecule has 1 aliphatic rings. The summed E-state index contributed by atoms with van der Waals surface area (Å²) in [4.78, 5) is 6.77. The zero-order valence-corrected chi connectivity index (χ0v) is 15.0. The molecular formula is C22H22F2N2O. The Bertz CT molecular complexity index is 957. The number of benzene rings is 2. The predicted molar refractivity (Wildman–Crippen MR) is 103 cm³/mol. The lowest BCUT2D eigenvalue weighted by atomic mass is 9.75. The Balaban J connectivity index is 1.65. The van der Waals surface area contributed by atoms with Crippen LogP contribution in [-0.2, 0) is 6.42 Å². The fourth-order valence-electron chi connectivity index (χ4n) is 4.14. The molecule has 0 saturated carbocycles. The van der Waals surface area contributed by atoms with Crippen LogP contribution in [0.4, 0.5) is 14.6 Å². The minimum Gasteiger partial charge on any atom is -0.396 e. The molecule has 1 aliphatic heterocycles. The maximum absolute atomic E-state index is 14.2. The molecule has 2 aromatic carbocycles. The summed E-state index contributed by atoms with van der Waals surface area (Å²) in [6.45, 7) is 1.38. The quantitative estimate of drug-likeness (QED) is 0.744. The van der Waals surface area contributed by atoms with Gasteiger partial charge in [-0.3, -0.25) is 0 Å². The summed E-state index contributed by atoms with van der Waals surface area (Å²) in [6.07, 6.45) is 3.85. The molecule has 4 rings (SSSR count). The van der Waals surface area contributed by atoms with E-state index in [-0.39, 0.29) is 6.61 Å². The molecule has 1 fully saturated rings. The van der Waals surface area contributed by atoms with Crippen molar-refractivity contribution in [1.29, 1.82) is 0 Å². The van der Waals surface area contributed by atoms with Crippen molar-refractivity contribution >= 4 is 16.6 Å². The number of pyridine rings is 1. The first-order valence-corrected chi connectivity index (χ1v) is 9.24. The lowest BCUT2D eigenvalue weighted by Gasteiger charge is -2.43. The maximum atomic E-state index is 14.2. The van der Waals surface area contributed by atoms with Gasteiger partial charge in [0, 0.05) is 36.2 Å². The lowest BCUT2D eigenvalue weighted by molar-refractivity contribution is 0.104. The number of halogens is 2. The van der Waals surface area contributed by atoms with E-state index in [1.807, 2.05) is 24.3 Å². The Hall–Kier alpha value is -2.53. The number of hydrogen-bond donors (Lipinski definition) is 1. The van der Waals surface area contributed by atoms with Gasteiger partial charge in [0.1, 0.15) is 17.5 Å². The molecule has 0 amide bonds. The highest BCUT2D eigenvalue weighted by Gasteiger charge is 2.36. The third kappa shape index (κ3) is 3.52. The second-order valence-corrected chi connectivity index (χ2v) is 7.45. The second kappa shape index (κ2) is 7.24. The molecule has 0 radical (unpaired) electrons. The van der Waals surface area contributed by atoms with E-state index in [9.17, 15) is 13.9 Å². The normalized spacial score (nSPS) is 20.2. The van der Waals surface area contributed by atoms with Gasteiger partial charge >= 0.3 is 0 Å². The van der Waals surface area contributed by atoms with Crippen LogP contribution in [0.1, 0.15) is 18.4 Å². The van der Waals surface area contributed by atoms with E-state index in [0.29, 0.717) is 18.5 Å². The van der Waals surface area contributed by atoms with E-state index in [4.69, 9.17) is 0 Å². The summed E-state index contributed by atoms with van der Waals surface area (Å²) in [6, 6.07) is 13.7. The summed E-state index contributed by atoms with van der Waals surface area (Å²) in [5.74, 6) is -0.243.